The molecule has 6 heteroatoms. The summed E-state index contributed by atoms with van der Waals surface area (Å²) in [6.45, 7) is 1.83. The third-order valence-corrected chi connectivity index (χ3v) is 6.31. The SMILES string of the molecule is O=S(c1[nH]nc(-c2ccccc2)c1-c1ccncc1)C1CCNCC1. The minimum Gasteiger partial charge on any atom is -0.317 e. The van der Waals surface area contributed by atoms with Gasteiger partial charge in [-0.25, -0.2) is 0 Å². The molecule has 25 heavy (non-hydrogen) atoms. The first kappa shape index (κ1) is 16.2. The highest BCUT2D eigenvalue weighted by atomic mass is 32.2. The first-order valence-electron chi connectivity index (χ1n) is 8.50. The molecule has 1 atom stereocenters. The fourth-order valence-electron chi connectivity index (χ4n) is 3.24. The first-order chi connectivity index (χ1) is 12.3. The summed E-state index contributed by atoms with van der Waals surface area (Å²) in [7, 11) is -1.11. The van der Waals surface area contributed by atoms with E-state index in [4.69, 9.17) is 0 Å². The van der Waals surface area contributed by atoms with Crippen molar-refractivity contribution in [2.75, 3.05) is 13.1 Å². The van der Waals surface area contributed by atoms with E-state index in [1.807, 2.05) is 42.5 Å². The van der Waals surface area contributed by atoms with Gasteiger partial charge in [0, 0.05) is 28.8 Å². The molecule has 1 fully saturated rings. The highest BCUT2D eigenvalue weighted by Gasteiger charge is 2.27. The van der Waals surface area contributed by atoms with Gasteiger partial charge in [-0.15, -0.1) is 0 Å². The Morgan fingerprint density at radius 2 is 1.68 bits per heavy atom. The second-order valence-corrected chi connectivity index (χ2v) is 7.79. The molecule has 1 unspecified atom stereocenters. The summed E-state index contributed by atoms with van der Waals surface area (Å²) < 4.78 is 13.2. The van der Waals surface area contributed by atoms with Crippen molar-refractivity contribution in [2.24, 2.45) is 0 Å². The lowest BCUT2D eigenvalue weighted by Gasteiger charge is -2.21. The zero-order valence-corrected chi connectivity index (χ0v) is 14.6. The maximum absolute atomic E-state index is 13.2. The number of aromatic amines is 1. The third kappa shape index (κ3) is 3.27. The van der Waals surface area contributed by atoms with Crippen molar-refractivity contribution >= 4 is 10.8 Å². The van der Waals surface area contributed by atoms with Crippen LogP contribution in [0.25, 0.3) is 22.4 Å². The van der Waals surface area contributed by atoms with E-state index in [2.05, 4.69) is 20.5 Å². The van der Waals surface area contributed by atoms with Gasteiger partial charge in [-0.1, -0.05) is 30.3 Å². The minimum absolute atomic E-state index is 0.158. The molecular weight excluding hydrogens is 332 g/mol. The van der Waals surface area contributed by atoms with Crippen LogP contribution in [0.4, 0.5) is 0 Å². The fraction of sp³-hybridized carbons (Fsp3) is 0.263. The van der Waals surface area contributed by atoms with Crippen molar-refractivity contribution in [2.45, 2.75) is 23.1 Å². The molecule has 0 saturated carbocycles. The van der Waals surface area contributed by atoms with Gasteiger partial charge in [0.25, 0.3) is 0 Å². The Morgan fingerprint density at radius 3 is 2.40 bits per heavy atom. The zero-order valence-electron chi connectivity index (χ0n) is 13.8. The number of aromatic nitrogens is 3. The van der Waals surface area contributed by atoms with Gasteiger partial charge >= 0.3 is 0 Å². The number of nitrogens with one attached hydrogen (secondary N) is 2. The molecule has 5 nitrogen and oxygen atoms in total. The van der Waals surface area contributed by atoms with Crippen LogP contribution in [0.5, 0.6) is 0 Å². The molecule has 3 heterocycles. The monoisotopic (exact) mass is 352 g/mol. The molecule has 1 aliphatic rings. The Labute approximate surface area is 149 Å². The number of nitrogens with zero attached hydrogens (tertiary/aromatic N) is 2. The molecule has 2 aromatic heterocycles. The summed E-state index contributed by atoms with van der Waals surface area (Å²) in [4.78, 5) is 4.11. The predicted molar refractivity (Wildman–Crippen MR) is 99.6 cm³/mol. The van der Waals surface area contributed by atoms with Crippen LogP contribution in [0.3, 0.4) is 0 Å². The highest BCUT2D eigenvalue weighted by molar-refractivity contribution is 7.85. The molecule has 1 aliphatic heterocycles. The van der Waals surface area contributed by atoms with Gasteiger partial charge in [0.1, 0.15) is 10.7 Å². The molecule has 4 rings (SSSR count). The van der Waals surface area contributed by atoms with Crippen molar-refractivity contribution in [1.82, 2.24) is 20.5 Å². The first-order valence-corrected chi connectivity index (χ1v) is 9.71. The summed E-state index contributed by atoms with van der Waals surface area (Å²) in [6, 6.07) is 13.9. The van der Waals surface area contributed by atoms with Crippen LogP contribution < -0.4 is 5.32 Å². The molecule has 0 spiro atoms. The van der Waals surface area contributed by atoms with E-state index >= 15 is 0 Å². The summed E-state index contributed by atoms with van der Waals surface area (Å²) >= 11 is 0. The average molecular weight is 352 g/mol. The topological polar surface area (TPSA) is 70.7 Å². The van der Waals surface area contributed by atoms with Crippen molar-refractivity contribution in [3.8, 4) is 22.4 Å². The Bertz CT molecular complexity index is 858. The zero-order chi connectivity index (χ0) is 17.1. The Morgan fingerprint density at radius 1 is 0.960 bits per heavy atom. The van der Waals surface area contributed by atoms with E-state index in [-0.39, 0.29) is 5.25 Å². The van der Waals surface area contributed by atoms with Gasteiger partial charge < -0.3 is 5.32 Å². The lowest BCUT2D eigenvalue weighted by atomic mass is 10.0. The van der Waals surface area contributed by atoms with Gasteiger partial charge in [-0.3, -0.25) is 14.3 Å². The maximum Gasteiger partial charge on any atom is 0.130 e. The minimum atomic E-state index is -1.11. The van der Waals surface area contributed by atoms with Crippen LogP contribution in [0.1, 0.15) is 12.8 Å². The smallest absolute Gasteiger partial charge is 0.130 e. The number of H-pyrrole nitrogens is 1. The van der Waals surface area contributed by atoms with Gasteiger partial charge in [0.05, 0.1) is 10.8 Å². The van der Waals surface area contributed by atoms with E-state index in [0.29, 0.717) is 0 Å². The fourth-order valence-corrected chi connectivity index (χ4v) is 4.79. The average Bonchev–Trinajstić information content (AvgIpc) is 3.14. The summed E-state index contributed by atoms with van der Waals surface area (Å²) in [5, 5.41) is 11.8. The van der Waals surface area contributed by atoms with Crippen molar-refractivity contribution in [3.05, 3.63) is 54.9 Å². The van der Waals surface area contributed by atoms with Crippen LogP contribution >= 0.6 is 0 Å². The summed E-state index contributed by atoms with van der Waals surface area (Å²) in [5.41, 5.74) is 3.76. The Balaban J connectivity index is 1.82. The highest BCUT2D eigenvalue weighted by Crippen LogP contribution is 2.36. The maximum atomic E-state index is 13.2. The van der Waals surface area contributed by atoms with Crippen molar-refractivity contribution < 1.29 is 4.21 Å². The third-order valence-electron chi connectivity index (χ3n) is 4.54. The van der Waals surface area contributed by atoms with E-state index < -0.39 is 10.8 Å². The Hall–Kier alpha value is -2.31. The largest absolute Gasteiger partial charge is 0.317 e. The standard InChI is InChI=1S/C19H20N4OS/c24-25(16-8-12-21-13-9-16)19-17(14-6-10-20-11-7-14)18(22-23-19)15-4-2-1-3-5-15/h1-7,10-11,16,21H,8-9,12-13H2,(H,22,23). The molecular formula is C19H20N4OS. The van der Waals surface area contributed by atoms with Crippen LogP contribution in [0.2, 0.25) is 0 Å². The number of hydrogen-bond acceptors (Lipinski definition) is 4. The number of rotatable bonds is 4. The molecule has 0 radical (unpaired) electrons. The normalized spacial score (nSPS) is 16.6. The number of piperidine rings is 1. The number of hydrogen-bond donors (Lipinski definition) is 2. The molecule has 0 aliphatic carbocycles. The van der Waals surface area contributed by atoms with Gasteiger partial charge in [-0.2, -0.15) is 5.10 Å². The molecule has 0 amide bonds. The van der Waals surface area contributed by atoms with E-state index in [1.54, 1.807) is 12.4 Å². The second-order valence-electron chi connectivity index (χ2n) is 6.13. The van der Waals surface area contributed by atoms with Crippen molar-refractivity contribution in [3.63, 3.8) is 0 Å². The summed E-state index contributed by atoms with van der Waals surface area (Å²) in [6.07, 6.45) is 5.35. The molecule has 128 valence electrons. The quantitative estimate of drug-likeness (QED) is 0.757. The van der Waals surface area contributed by atoms with Crippen molar-refractivity contribution in [1.29, 1.82) is 0 Å². The molecule has 0 bridgehead atoms. The predicted octanol–water partition coefficient (Wildman–Crippen LogP) is 3.00. The lowest BCUT2D eigenvalue weighted by Crippen LogP contribution is -2.33. The van der Waals surface area contributed by atoms with Crippen LogP contribution in [-0.4, -0.2) is 37.7 Å². The molecule has 3 aromatic rings. The van der Waals surface area contributed by atoms with E-state index in [9.17, 15) is 4.21 Å². The lowest BCUT2D eigenvalue weighted by molar-refractivity contribution is 0.519. The second kappa shape index (κ2) is 7.29. The van der Waals surface area contributed by atoms with Gasteiger partial charge in [-0.05, 0) is 43.6 Å². The molecule has 2 N–H and O–H groups in total. The summed E-state index contributed by atoms with van der Waals surface area (Å²) in [5.74, 6) is 0. The number of pyridine rings is 1. The molecule has 1 aromatic carbocycles. The Kier molecular flexibility index (Phi) is 4.72. The van der Waals surface area contributed by atoms with Crippen LogP contribution in [-0.2, 0) is 10.8 Å². The van der Waals surface area contributed by atoms with Crippen LogP contribution in [0, 0.1) is 0 Å². The van der Waals surface area contributed by atoms with Gasteiger partial charge in [0.15, 0.2) is 0 Å². The number of benzene rings is 1. The molecule has 1 saturated heterocycles. The van der Waals surface area contributed by atoms with Crippen LogP contribution in [0.15, 0.2) is 59.9 Å². The van der Waals surface area contributed by atoms with Gasteiger partial charge in [0.2, 0.25) is 0 Å². The van der Waals surface area contributed by atoms with E-state index in [1.165, 1.54) is 0 Å². The van der Waals surface area contributed by atoms with E-state index in [0.717, 1.165) is 53.3 Å².